The van der Waals surface area contributed by atoms with Gasteiger partial charge in [-0.1, -0.05) is 124 Å². The van der Waals surface area contributed by atoms with Crippen molar-refractivity contribution in [1.29, 1.82) is 0 Å². The van der Waals surface area contributed by atoms with Gasteiger partial charge in [0.15, 0.2) is 0 Å². The third-order valence-corrected chi connectivity index (χ3v) is 6.54. The fraction of sp³-hybridized carbons (Fsp3) is 0.759. The number of hydrogen-bond acceptors (Lipinski definition) is 2. The molecule has 0 aliphatic carbocycles. The van der Waals surface area contributed by atoms with Crippen LogP contribution in [0.4, 0.5) is 0 Å². The van der Waals surface area contributed by atoms with E-state index in [1.54, 1.807) is 12.1 Å². The van der Waals surface area contributed by atoms with Crippen LogP contribution in [0.5, 0.6) is 5.75 Å². The lowest BCUT2D eigenvalue weighted by molar-refractivity contribution is 0.0696. The number of phenols is 1. The largest absolute Gasteiger partial charge is 0.507 e. The van der Waals surface area contributed by atoms with Crippen molar-refractivity contribution in [2.75, 3.05) is 0 Å². The second kappa shape index (κ2) is 16.2. The summed E-state index contributed by atoms with van der Waals surface area (Å²) in [5.41, 5.74) is 1.50. The maximum atomic E-state index is 11.5. The van der Waals surface area contributed by atoms with E-state index in [9.17, 15) is 15.0 Å². The van der Waals surface area contributed by atoms with Crippen LogP contribution in [0.1, 0.15) is 152 Å². The number of unbranched alkanes of at least 4 members (excludes halogenated alkanes) is 15. The number of benzene rings is 1. The summed E-state index contributed by atoms with van der Waals surface area (Å²) < 4.78 is 0. The van der Waals surface area contributed by atoms with Crippen molar-refractivity contribution in [2.24, 2.45) is 0 Å². The Morgan fingerprint density at radius 3 is 1.50 bits per heavy atom. The summed E-state index contributed by atoms with van der Waals surface area (Å²) in [4.78, 5) is 11.5. The molecule has 0 aliphatic rings. The molecule has 2 N–H and O–H groups in total. The van der Waals surface area contributed by atoms with Gasteiger partial charge in [-0.25, -0.2) is 4.79 Å². The van der Waals surface area contributed by atoms with Crippen LogP contribution in [-0.2, 0) is 11.8 Å². The average molecular weight is 447 g/mol. The number of aromatic hydroxyl groups is 1. The van der Waals surface area contributed by atoms with Crippen LogP contribution in [0.3, 0.4) is 0 Å². The van der Waals surface area contributed by atoms with E-state index in [0.29, 0.717) is 0 Å². The van der Waals surface area contributed by atoms with E-state index in [-0.39, 0.29) is 16.7 Å². The van der Waals surface area contributed by atoms with E-state index in [1.807, 2.05) is 20.8 Å². The van der Waals surface area contributed by atoms with Gasteiger partial charge in [-0.05, 0) is 36.0 Å². The minimum absolute atomic E-state index is 0.277. The Morgan fingerprint density at radius 2 is 1.12 bits per heavy atom. The number of carbonyl (C=O) groups is 1. The van der Waals surface area contributed by atoms with Gasteiger partial charge in [0.25, 0.3) is 0 Å². The van der Waals surface area contributed by atoms with Gasteiger partial charge < -0.3 is 10.2 Å². The van der Waals surface area contributed by atoms with Crippen molar-refractivity contribution >= 4 is 5.97 Å². The molecule has 1 aromatic rings. The normalized spacial score (nSPS) is 11.8. The number of rotatable bonds is 18. The number of aryl methyl sites for hydroxylation is 1. The van der Waals surface area contributed by atoms with Gasteiger partial charge in [0.1, 0.15) is 5.75 Å². The smallest absolute Gasteiger partial charge is 0.335 e. The Hall–Kier alpha value is -1.51. The van der Waals surface area contributed by atoms with E-state index in [4.69, 9.17) is 0 Å². The number of phenolic OH excluding ortho intramolecular Hbond substituents is 1. The Balaban J connectivity index is 2.14. The Kier molecular flexibility index (Phi) is 14.4. The molecular formula is C29H50O3. The maximum Gasteiger partial charge on any atom is 0.335 e. The van der Waals surface area contributed by atoms with Gasteiger partial charge in [-0.3, -0.25) is 0 Å². The van der Waals surface area contributed by atoms with Crippen molar-refractivity contribution in [1.82, 2.24) is 0 Å². The van der Waals surface area contributed by atoms with Crippen LogP contribution in [0.25, 0.3) is 0 Å². The summed E-state index contributed by atoms with van der Waals surface area (Å²) in [6, 6.07) is 3.27. The first kappa shape index (κ1) is 28.5. The SMILES string of the molecule is CCCCCCCCCCCCCCCCCCc1cc(C(=O)O)cc(C(C)(C)C)c1O. The molecule has 0 fully saturated rings. The molecule has 0 bridgehead atoms. The zero-order chi connectivity index (χ0) is 23.8. The van der Waals surface area contributed by atoms with E-state index >= 15 is 0 Å². The van der Waals surface area contributed by atoms with E-state index in [1.165, 1.54) is 89.9 Å². The molecule has 1 rings (SSSR count). The van der Waals surface area contributed by atoms with Gasteiger partial charge in [0, 0.05) is 5.56 Å². The van der Waals surface area contributed by atoms with Crippen molar-refractivity contribution in [3.8, 4) is 5.75 Å². The van der Waals surface area contributed by atoms with Crippen molar-refractivity contribution < 1.29 is 15.0 Å². The first-order valence-electron chi connectivity index (χ1n) is 13.4. The van der Waals surface area contributed by atoms with Crippen LogP contribution in [0, 0.1) is 0 Å². The fourth-order valence-electron chi connectivity index (χ4n) is 4.44. The number of carboxylic acid groups (broad SMARTS) is 1. The molecule has 32 heavy (non-hydrogen) atoms. The van der Waals surface area contributed by atoms with Gasteiger partial charge in [-0.2, -0.15) is 0 Å². The molecule has 0 aromatic heterocycles. The molecule has 0 saturated carbocycles. The monoisotopic (exact) mass is 446 g/mol. The summed E-state index contributed by atoms with van der Waals surface area (Å²) >= 11 is 0. The van der Waals surface area contributed by atoms with E-state index < -0.39 is 5.97 Å². The lowest BCUT2D eigenvalue weighted by atomic mass is 9.83. The van der Waals surface area contributed by atoms with Crippen LogP contribution in [0.2, 0.25) is 0 Å². The molecule has 0 atom stereocenters. The molecule has 0 amide bonds. The number of hydrogen-bond donors (Lipinski definition) is 2. The van der Waals surface area contributed by atoms with E-state index in [2.05, 4.69) is 6.92 Å². The minimum atomic E-state index is -0.927. The highest BCUT2D eigenvalue weighted by molar-refractivity contribution is 5.88. The molecule has 1 aromatic carbocycles. The molecular weight excluding hydrogens is 396 g/mol. The number of carboxylic acids is 1. The van der Waals surface area contributed by atoms with Crippen LogP contribution in [-0.4, -0.2) is 16.2 Å². The van der Waals surface area contributed by atoms with Gasteiger partial charge in [0.05, 0.1) is 5.56 Å². The molecule has 0 heterocycles. The third kappa shape index (κ3) is 11.9. The molecule has 0 spiro atoms. The second-order valence-electron chi connectivity index (χ2n) is 10.6. The van der Waals surface area contributed by atoms with Gasteiger partial charge >= 0.3 is 5.97 Å². The highest BCUT2D eigenvalue weighted by atomic mass is 16.4. The molecule has 0 saturated heterocycles. The number of aromatic carboxylic acids is 1. The minimum Gasteiger partial charge on any atom is -0.507 e. The maximum absolute atomic E-state index is 11.5. The lowest BCUT2D eigenvalue weighted by Crippen LogP contribution is -2.14. The van der Waals surface area contributed by atoms with Crippen molar-refractivity contribution in [3.05, 3.63) is 28.8 Å². The third-order valence-electron chi connectivity index (χ3n) is 6.54. The molecule has 0 aliphatic heterocycles. The fourth-order valence-corrected chi connectivity index (χ4v) is 4.44. The van der Waals surface area contributed by atoms with Gasteiger partial charge in [0.2, 0.25) is 0 Å². The average Bonchev–Trinajstić information content (AvgIpc) is 2.73. The Morgan fingerprint density at radius 1 is 0.719 bits per heavy atom. The van der Waals surface area contributed by atoms with E-state index in [0.717, 1.165) is 30.4 Å². The lowest BCUT2D eigenvalue weighted by Gasteiger charge is -2.23. The molecule has 3 nitrogen and oxygen atoms in total. The standard InChI is InChI=1S/C29H50O3/c1-5-6-7-8-9-10-11-12-13-14-15-16-17-18-19-20-21-24-22-25(28(31)32)23-26(27(24)30)29(2,3)4/h22-23,30H,5-21H2,1-4H3,(H,31,32). The first-order chi connectivity index (χ1) is 15.3. The summed E-state index contributed by atoms with van der Waals surface area (Å²) in [5.74, 6) is -0.646. The van der Waals surface area contributed by atoms with Crippen molar-refractivity contribution in [3.63, 3.8) is 0 Å². The van der Waals surface area contributed by atoms with Crippen molar-refractivity contribution in [2.45, 2.75) is 142 Å². The molecule has 3 heteroatoms. The summed E-state index contributed by atoms with van der Waals surface area (Å²) in [6.07, 6.45) is 22.1. The molecule has 0 unspecified atom stereocenters. The second-order valence-corrected chi connectivity index (χ2v) is 10.6. The predicted octanol–water partition coefficient (Wildman–Crippen LogP) is 9.19. The van der Waals surface area contributed by atoms with Crippen LogP contribution >= 0.6 is 0 Å². The molecule has 184 valence electrons. The summed E-state index contributed by atoms with van der Waals surface area (Å²) in [5, 5.41) is 20.1. The first-order valence-corrected chi connectivity index (χ1v) is 13.4. The highest BCUT2D eigenvalue weighted by Gasteiger charge is 2.22. The Bertz CT molecular complexity index is 643. The summed E-state index contributed by atoms with van der Waals surface area (Å²) in [7, 11) is 0. The van der Waals surface area contributed by atoms with Crippen LogP contribution < -0.4 is 0 Å². The molecule has 0 radical (unpaired) electrons. The van der Waals surface area contributed by atoms with Gasteiger partial charge in [-0.15, -0.1) is 0 Å². The van der Waals surface area contributed by atoms with Crippen LogP contribution in [0.15, 0.2) is 12.1 Å². The quantitative estimate of drug-likeness (QED) is 0.221. The predicted molar refractivity (Wildman–Crippen MR) is 137 cm³/mol. The zero-order valence-electron chi connectivity index (χ0n) is 21.5. The highest BCUT2D eigenvalue weighted by Crippen LogP contribution is 2.35. The Labute approximate surface area is 198 Å². The summed E-state index contributed by atoms with van der Waals surface area (Å²) in [6.45, 7) is 8.29. The topological polar surface area (TPSA) is 57.5 Å². The zero-order valence-corrected chi connectivity index (χ0v) is 21.5.